The number of likely N-dealkylation sites (tertiary alicyclic amines) is 2. The molecule has 2 saturated heterocycles. The van der Waals surface area contributed by atoms with Crippen molar-refractivity contribution in [3.8, 4) is 0 Å². The highest BCUT2D eigenvalue weighted by atomic mass is 16.3. The van der Waals surface area contributed by atoms with Gasteiger partial charge in [-0.15, -0.1) is 10.2 Å². The summed E-state index contributed by atoms with van der Waals surface area (Å²) in [4.78, 5) is 21.4. The maximum Gasteiger partial charge on any atom is 0.292 e. The first-order valence-electron chi connectivity index (χ1n) is 8.83. The van der Waals surface area contributed by atoms with Gasteiger partial charge in [-0.25, -0.2) is 4.98 Å². The number of carbonyl (C=O) groups is 1. The maximum absolute atomic E-state index is 13.1. The lowest BCUT2D eigenvalue weighted by atomic mass is 9.71. The molecular formula is C17H24N6O2. The first-order valence-corrected chi connectivity index (χ1v) is 8.83. The fraction of sp³-hybridized carbons (Fsp3) is 0.647. The second-order valence-electron chi connectivity index (χ2n) is 7.50. The highest BCUT2D eigenvalue weighted by Crippen LogP contribution is 2.38. The third kappa shape index (κ3) is 2.79. The number of aliphatic hydroxyl groups is 1. The lowest BCUT2D eigenvalue weighted by Gasteiger charge is -2.50. The van der Waals surface area contributed by atoms with Crippen LogP contribution in [0.25, 0.3) is 5.78 Å². The number of fused-ring (bicyclic) bond motifs is 1. The van der Waals surface area contributed by atoms with Crippen molar-refractivity contribution in [3.05, 3.63) is 23.8 Å². The molecule has 2 atom stereocenters. The predicted octanol–water partition coefficient (Wildman–Crippen LogP) is 0.352. The lowest BCUT2D eigenvalue weighted by Crippen LogP contribution is -2.59. The molecular weight excluding hydrogens is 320 g/mol. The van der Waals surface area contributed by atoms with Gasteiger partial charge in [0.15, 0.2) is 0 Å². The van der Waals surface area contributed by atoms with Crippen LogP contribution in [0.2, 0.25) is 0 Å². The van der Waals surface area contributed by atoms with Crippen LogP contribution in [0.5, 0.6) is 0 Å². The Kier molecular flexibility index (Phi) is 3.96. The SMILES string of the molecule is Cc1ccn2c(C(=O)N3CCC[C@]4(CN(C)CC[C@@H]4O)C3)nnc2n1. The zero-order valence-electron chi connectivity index (χ0n) is 14.7. The fourth-order valence-electron chi connectivity index (χ4n) is 4.27. The van der Waals surface area contributed by atoms with E-state index in [0.29, 0.717) is 24.7 Å². The summed E-state index contributed by atoms with van der Waals surface area (Å²) in [5, 5.41) is 18.7. The third-order valence-corrected chi connectivity index (χ3v) is 5.58. The number of nitrogens with zero attached hydrogens (tertiary/aromatic N) is 6. The van der Waals surface area contributed by atoms with Crippen molar-refractivity contribution in [3.63, 3.8) is 0 Å². The van der Waals surface area contributed by atoms with Crippen molar-refractivity contribution in [1.29, 1.82) is 0 Å². The number of piperidine rings is 2. The summed E-state index contributed by atoms with van der Waals surface area (Å²) in [5.41, 5.74) is 0.597. The van der Waals surface area contributed by atoms with Gasteiger partial charge in [-0.1, -0.05) is 0 Å². The van der Waals surface area contributed by atoms with E-state index in [1.54, 1.807) is 10.6 Å². The summed E-state index contributed by atoms with van der Waals surface area (Å²) < 4.78 is 1.64. The van der Waals surface area contributed by atoms with E-state index in [-0.39, 0.29) is 17.4 Å². The fourth-order valence-corrected chi connectivity index (χ4v) is 4.27. The van der Waals surface area contributed by atoms with E-state index in [9.17, 15) is 9.90 Å². The second kappa shape index (κ2) is 6.03. The molecule has 1 amide bonds. The van der Waals surface area contributed by atoms with Crippen LogP contribution < -0.4 is 0 Å². The van der Waals surface area contributed by atoms with Crippen molar-refractivity contribution in [2.24, 2.45) is 5.41 Å². The Hall–Kier alpha value is -2.06. The Bertz CT molecular complexity index is 806. The van der Waals surface area contributed by atoms with Crippen LogP contribution in [0.1, 0.15) is 35.6 Å². The van der Waals surface area contributed by atoms with Crippen LogP contribution in [-0.2, 0) is 0 Å². The molecule has 4 rings (SSSR count). The largest absolute Gasteiger partial charge is 0.392 e. The van der Waals surface area contributed by atoms with Gasteiger partial charge in [-0.2, -0.15) is 0 Å². The number of amides is 1. The number of aliphatic hydroxyl groups excluding tert-OH is 1. The first-order chi connectivity index (χ1) is 12.0. The number of aryl methyl sites for hydroxylation is 1. The molecule has 2 fully saturated rings. The van der Waals surface area contributed by atoms with Crippen LogP contribution in [-0.4, -0.2) is 79.7 Å². The Morgan fingerprint density at radius 1 is 1.32 bits per heavy atom. The van der Waals surface area contributed by atoms with Gasteiger partial charge in [0, 0.05) is 43.5 Å². The molecule has 2 aromatic rings. The zero-order chi connectivity index (χ0) is 17.6. The van der Waals surface area contributed by atoms with E-state index >= 15 is 0 Å². The summed E-state index contributed by atoms with van der Waals surface area (Å²) in [7, 11) is 2.08. The van der Waals surface area contributed by atoms with Gasteiger partial charge < -0.3 is 14.9 Å². The smallest absolute Gasteiger partial charge is 0.292 e. The van der Waals surface area contributed by atoms with Crippen LogP contribution in [0, 0.1) is 12.3 Å². The number of carbonyl (C=O) groups excluding carboxylic acids is 1. The molecule has 0 bridgehead atoms. The van der Waals surface area contributed by atoms with E-state index < -0.39 is 0 Å². The van der Waals surface area contributed by atoms with Crippen molar-refractivity contribution >= 4 is 11.7 Å². The lowest BCUT2D eigenvalue weighted by molar-refractivity contribution is -0.0732. The third-order valence-electron chi connectivity index (χ3n) is 5.58. The molecule has 2 aliphatic rings. The molecule has 0 aliphatic carbocycles. The predicted molar refractivity (Wildman–Crippen MR) is 91.2 cm³/mol. The highest BCUT2D eigenvalue weighted by molar-refractivity contribution is 5.91. The zero-order valence-corrected chi connectivity index (χ0v) is 14.7. The molecule has 1 N–H and O–H groups in total. The van der Waals surface area contributed by atoms with E-state index in [2.05, 4.69) is 27.1 Å². The van der Waals surface area contributed by atoms with Gasteiger partial charge in [0.1, 0.15) is 0 Å². The van der Waals surface area contributed by atoms with E-state index in [0.717, 1.165) is 38.0 Å². The minimum atomic E-state index is -0.362. The molecule has 0 saturated carbocycles. The average Bonchev–Trinajstić information content (AvgIpc) is 3.01. The summed E-state index contributed by atoms with van der Waals surface area (Å²) >= 11 is 0. The number of hydrogen-bond donors (Lipinski definition) is 1. The van der Waals surface area contributed by atoms with E-state index in [1.165, 1.54) is 0 Å². The van der Waals surface area contributed by atoms with Crippen LogP contribution in [0.15, 0.2) is 12.3 Å². The summed E-state index contributed by atoms with van der Waals surface area (Å²) in [6.07, 6.45) is 4.02. The molecule has 134 valence electrons. The van der Waals surface area contributed by atoms with Crippen LogP contribution in [0.3, 0.4) is 0 Å². The Morgan fingerprint density at radius 2 is 2.16 bits per heavy atom. The molecule has 0 radical (unpaired) electrons. The van der Waals surface area contributed by atoms with Gasteiger partial charge in [-0.3, -0.25) is 9.20 Å². The van der Waals surface area contributed by atoms with Crippen LogP contribution in [0.4, 0.5) is 0 Å². The number of aromatic nitrogens is 4. The quantitative estimate of drug-likeness (QED) is 0.803. The van der Waals surface area contributed by atoms with Gasteiger partial charge >= 0.3 is 0 Å². The molecule has 2 aliphatic heterocycles. The van der Waals surface area contributed by atoms with Crippen molar-refractivity contribution < 1.29 is 9.90 Å². The van der Waals surface area contributed by atoms with Crippen molar-refractivity contribution in [2.75, 3.05) is 33.2 Å². The maximum atomic E-state index is 13.1. The average molecular weight is 344 g/mol. The molecule has 2 aromatic heterocycles. The number of rotatable bonds is 1. The Morgan fingerprint density at radius 3 is 3.00 bits per heavy atom. The molecule has 8 nitrogen and oxygen atoms in total. The molecule has 0 unspecified atom stereocenters. The second-order valence-corrected chi connectivity index (χ2v) is 7.50. The summed E-state index contributed by atoms with van der Waals surface area (Å²) in [6.45, 7) is 4.85. The Balaban J connectivity index is 1.61. The minimum Gasteiger partial charge on any atom is -0.392 e. The summed E-state index contributed by atoms with van der Waals surface area (Å²) in [5.74, 6) is 0.586. The minimum absolute atomic E-state index is 0.141. The standard InChI is InChI=1S/C17H24N6O2/c1-12-4-9-23-14(19-20-16(23)18-12)15(25)22-7-3-6-17(11-22)10-21(2)8-5-13(17)24/h4,9,13,24H,3,5-8,10-11H2,1-2H3/t13-,17-/m0/s1. The Labute approximate surface area is 146 Å². The van der Waals surface area contributed by atoms with Crippen molar-refractivity contribution in [1.82, 2.24) is 29.4 Å². The summed E-state index contributed by atoms with van der Waals surface area (Å²) in [6, 6.07) is 1.84. The highest BCUT2D eigenvalue weighted by Gasteiger charge is 2.46. The van der Waals surface area contributed by atoms with Gasteiger partial charge in [0.2, 0.25) is 5.82 Å². The molecule has 8 heteroatoms. The van der Waals surface area contributed by atoms with Gasteiger partial charge in [0.25, 0.3) is 11.7 Å². The van der Waals surface area contributed by atoms with Gasteiger partial charge in [-0.05, 0) is 39.3 Å². The number of hydrogen-bond acceptors (Lipinski definition) is 6. The van der Waals surface area contributed by atoms with E-state index in [4.69, 9.17) is 0 Å². The van der Waals surface area contributed by atoms with Crippen LogP contribution >= 0.6 is 0 Å². The molecule has 25 heavy (non-hydrogen) atoms. The topological polar surface area (TPSA) is 86.9 Å². The first kappa shape index (κ1) is 16.4. The monoisotopic (exact) mass is 344 g/mol. The normalized spacial score (nSPS) is 28.0. The van der Waals surface area contributed by atoms with E-state index in [1.807, 2.05) is 17.9 Å². The molecule has 1 spiro atoms. The molecule has 4 heterocycles. The van der Waals surface area contributed by atoms with Crippen molar-refractivity contribution in [2.45, 2.75) is 32.3 Å². The van der Waals surface area contributed by atoms with Gasteiger partial charge in [0.05, 0.1) is 6.10 Å². The molecule has 0 aromatic carbocycles.